The van der Waals surface area contributed by atoms with Gasteiger partial charge in [-0.25, -0.2) is 8.42 Å². The number of hydrogen-bond acceptors (Lipinski definition) is 3. The Morgan fingerprint density at radius 3 is 2.31 bits per heavy atom. The summed E-state index contributed by atoms with van der Waals surface area (Å²) in [4.78, 5) is 13.0. The van der Waals surface area contributed by atoms with Gasteiger partial charge < -0.3 is 5.32 Å². The van der Waals surface area contributed by atoms with E-state index in [1.54, 1.807) is 18.2 Å². The van der Waals surface area contributed by atoms with Crippen molar-refractivity contribution in [1.29, 1.82) is 0 Å². The number of sulfonamides is 1. The van der Waals surface area contributed by atoms with Crippen molar-refractivity contribution in [3.8, 4) is 0 Å². The number of carbonyl (C=O) groups is 1. The van der Waals surface area contributed by atoms with Crippen LogP contribution in [0.25, 0.3) is 0 Å². The van der Waals surface area contributed by atoms with E-state index >= 15 is 0 Å². The molecular weight excluding hydrogens is 467 g/mol. The Morgan fingerprint density at radius 2 is 1.66 bits per heavy atom. The molecule has 8 heteroatoms. The van der Waals surface area contributed by atoms with Crippen LogP contribution in [-0.2, 0) is 14.8 Å². The van der Waals surface area contributed by atoms with Crippen molar-refractivity contribution in [1.82, 2.24) is 5.32 Å². The monoisotopic (exact) mass is 490 g/mol. The van der Waals surface area contributed by atoms with Gasteiger partial charge in [0.1, 0.15) is 6.54 Å². The quantitative estimate of drug-likeness (QED) is 0.462. The van der Waals surface area contributed by atoms with Crippen LogP contribution in [-0.4, -0.2) is 20.9 Å². The van der Waals surface area contributed by atoms with Gasteiger partial charge in [-0.15, -0.1) is 0 Å². The number of benzene rings is 3. The fraction of sp³-hybridized carbons (Fsp3) is 0.208. The van der Waals surface area contributed by atoms with Crippen molar-refractivity contribution in [3.05, 3.63) is 93.5 Å². The largest absolute Gasteiger partial charge is 0.348 e. The van der Waals surface area contributed by atoms with Gasteiger partial charge in [-0.3, -0.25) is 9.10 Å². The average molecular weight is 491 g/mol. The molecular formula is C24H24Cl2N2O3S. The third-order valence-corrected chi connectivity index (χ3v) is 7.34. The zero-order chi connectivity index (χ0) is 23.5. The first-order chi connectivity index (χ1) is 15.1. The van der Waals surface area contributed by atoms with Crippen LogP contribution in [0.3, 0.4) is 0 Å². The average Bonchev–Trinajstić information content (AvgIpc) is 2.74. The van der Waals surface area contributed by atoms with Crippen LogP contribution >= 0.6 is 23.2 Å². The number of amides is 1. The number of aryl methyl sites for hydroxylation is 2. The van der Waals surface area contributed by atoms with Gasteiger partial charge in [0.15, 0.2) is 0 Å². The first-order valence-corrected chi connectivity index (χ1v) is 12.2. The van der Waals surface area contributed by atoms with E-state index < -0.39 is 22.5 Å². The molecule has 0 aliphatic rings. The number of anilines is 1. The van der Waals surface area contributed by atoms with Crippen molar-refractivity contribution >= 4 is 44.8 Å². The summed E-state index contributed by atoms with van der Waals surface area (Å²) in [7, 11) is -4.04. The van der Waals surface area contributed by atoms with Gasteiger partial charge in [0.25, 0.3) is 10.0 Å². The Morgan fingerprint density at radius 1 is 0.969 bits per heavy atom. The predicted octanol–water partition coefficient (Wildman–Crippen LogP) is 5.68. The molecule has 1 atom stereocenters. The molecule has 0 aliphatic heterocycles. The normalized spacial score (nSPS) is 12.3. The molecule has 0 fully saturated rings. The molecule has 0 saturated heterocycles. The molecule has 0 heterocycles. The minimum Gasteiger partial charge on any atom is -0.348 e. The smallest absolute Gasteiger partial charge is 0.264 e. The van der Waals surface area contributed by atoms with E-state index in [4.69, 9.17) is 23.2 Å². The molecule has 1 N–H and O–H groups in total. The van der Waals surface area contributed by atoms with Crippen molar-refractivity contribution in [2.75, 3.05) is 10.8 Å². The molecule has 1 amide bonds. The first-order valence-electron chi connectivity index (χ1n) is 9.98. The number of nitrogens with zero attached hydrogens (tertiary/aromatic N) is 1. The van der Waals surface area contributed by atoms with Gasteiger partial charge in [0, 0.05) is 10.0 Å². The molecule has 0 aliphatic carbocycles. The van der Waals surface area contributed by atoms with E-state index in [9.17, 15) is 13.2 Å². The van der Waals surface area contributed by atoms with E-state index in [0.29, 0.717) is 15.7 Å². The highest BCUT2D eigenvalue weighted by molar-refractivity contribution is 7.92. The van der Waals surface area contributed by atoms with E-state index in [1.165, 1.54) is 30.3 Å². The first kappa shape index (κ1) is 24.1. The lowest BCUT2D eigenvalue weighted by molar-refractivity contribution is -0.120. The molecule has 0 spiro atoms. The molecule has 0 radical (unpaired) electrons. The number of halogens is 2. The standard InChI is InChI=1S/C24H24Cl2N2O3S/c1-16-7-8-17(2)23(13-16)18(3)27-24(29)15-28(21-6-4-5-20(26)14-21)32(30,31)22-11-9-19(25)10-12-22/h4-14,18H,15H2,1-3H3,(H,27,29). The SMILES string of the molecule is Cc1ccc(C)c(C(C)NC(=O)CN(c2cccc(Cl)c2)S(=O)(=O)c2ccc(Cl)cc2)c1. The second-order valence-corrected chi connectivity index (χ2v) is 10.3. The van der Waals surface area contributed by atoms with Gasteiger partial charge in [0.05, 0.1) is 16.6 Å². The van der Waals surface area contributed by atoms with Crippen molar-refractivity contribution in [2.45, 2.75) is 31.7 Å². The Kier molecular flexibility index (Phi) is 7.49. The Labute approximate surface area is 199 Å². The molecule has 3 aromatic rings. The number of hydrogen-bond donors (Lipinski definition) is 1. The highest BCUT2D eigenvalue weighted by atomic mass is 35.5. The topological polar surface area (TPSA) is 66.5 Å². The molecule has 0 saturated carbocycles. The Hall–Kier alpha value is -2.54. The summed E-state index contributed by atoms with van der Waals surface area (Å²) >= 11 is 12.0. The summed E-state index contributed by atoms with van der Waals surface area (Å²) in [6, 6.07) is 17.9. The number of rotatable bonds is 7. The molecule has 0 aromatic heterocycles. The maximum Gasteiger partial charge on any atom is 0.264 e. The highest BCUT2D eigenvalue weighted by Gasteiger charge is 2.28. The fourth-order valence-corrected chi connectivity index (χ4v) is 5.13. The molecule has 3 aromatic carbocycles. The van der Waals surface area contributed by atoms with E-state index in [1.807, 2.05) is 39.0 Å². The third kappa shape index (κ3) is 5.63. The van der Waals surface area contributed by atoms with Gasteiger partial charge >= 0.3 is 0 Å². The molecule has 168 valence electrons. The highest BCUT2D eigenvalue weighted by Crippen LogP contribution is 2.27. The van der Waals surface area contributed by atoms with Crippen molar-refractivity contribution < 1.29 is 13.2 Å². The number of carbonyl (C=O) groups excluding carboxylic acids is 1. The Balaban J connectivity index is 1.91. The summed E-state index contributed by atoms with van der Waals surface area (Å²) < 4.78 is 27.9. The third-order valence-electron chi connectivity index (χ3n) is 5.06. The van der Waals surface area contributed by atoms with Crippen LogP contribution < -0.4 is 9.62 Å². The van der Waals surface area contributed by atoms with Crippen molar-refractivity contribution in [3.63, 3.8) is 0 Å². The van der Waals surface area contributed by atoms with Gasteiger partial charge in [-0.05, 0) is 74.4 Å². The van der Waals surface area contributed by atoms with E-state index in [-0.39, 0.29) is 10.9 Å². The van der Waals surface area contributed by atoms with Gasteiger partial charge in [-0.1, -0.05) is 53.0 Å². The summed E-state index contributed by atoms with van der Waals surface area (Å²) in [5.41, 5.74) is 3.40. The zero-order valence-electron chi connectivity index (χ0n) is 18.0. The van der Waals surface area contributed by atoms with Crippen LogP contribution in [0.4, 0.5) is 5.69 Å². The lowest BCUT2D eigenvalue weighted by atomic mass is 10.00. The van der Waals surface area contributed by atoms with Crippen LogP contribution in [0.15, 0.2) is 71.6 Å². The molecule has 1 unspecified atom stereocenters. The summed E-state index contributed by atoms with van der Waals surface area (Å²) in [6.45, 7) is 5.43. The Bertz CT molecular complexity index is 1230. The van der Waals surface area contributed by atoms with E-state index in [0.717, 1.165) is 21.0 Å². The fourth-order valence-electron chi connectivity index (χ4n) is 3.40. The van der Waals surface area contributed by atoms with Gasteiger partial charge in [0.2, 0.25) is 5.91 Å². The summed E-state index contributed by atoms with van der Waals surface area (Å²) in [5.74, 6) is -0.434. The molecule has 3 rings (SSSR count). The van der Waals surface area contributed by atoms with Crippen molar-refractivity contribution in [2.24, 2.45) is 0 Å². The zero-order valence-corrected chi connectivity index (χ0v) is 20.3. The summed E-state index contributed by atoms with van der Waals surface area (Å²) in [5, 5.41) is 3.69. The van der Waals surface area contributed by atoms with Crippen LogP contribution in [0.2, 0.25) is 10.0 Å². The van der Waals surface area contributed by atoms with Crippen LogP contribution in [0.5, 0.6) is 0 Å². The number of nitrogens with one attached hydrogen (secondary N) is 1. The van der Waals surface area contributed by atoms with Crippen LogP contribution in [0.1, 0.15) is 29.7 Å². The maximum atomic E-state index is 13.4. The molecule has 32 heavy (non-hydrogen) atoms. The lowest BCUT2D eigenvalue weighted by Crippen LogP contribution is -2.41. The second kappa shape index (κ2) is 9.94. The summed E-state index contributed by atoms with van der Waals surface area (Å²) in [6.07, 6.45) is 0. The van der Waals surface area contributed by atoms with Crippen LogP contribution in [0, 0.1) is 13.8 Å². The molecule has 5 nitrogen and oxygen atoms in total. The maximum absolute atomic E-state index is 13.4. The van der Waals surface area contributed by atoms with Gasteiger partial charge in [-0.2, -0.15) is 0 Å². The van der Waals surface area contributed by atoms with E-state index in [2.05, 4.69) is 5.32 Å². The minimum absolute atomic E-state index is 0.0252. The predicted molar refractivity (Wildman–Crippen MR) is 130 cm³/mol. The molecule has 0 bridgehead atoms. The minimum atomic E-state index is -4.04. The second-order valence-electron chi connectivity index (χ2n) is 7.59. The lowest BCUT2D eigenvalue weighted by Gasteiger charge is -2.25.